The summed E-state index contributed by atoms with van der Waals surface area (Å²) < 4.78 is 4.86. The van der Waals surface area contributed by atoms with Gasteiger partial charge < -0.3 is 4.74 Å². The number of alkyl halides is 1. The van der Waals surface area contributed by atoms with E-state index in [2.05, 4.69) is 0 Å². The van der Waals surface area contributed by atoms with Gasteiger partial charge in [0.1, 0.15) is 0 Å². The van der Waals surface area contributed by atoms with Crippen LogP contribution in [-0.2, 0) is 4.74 Å². The molecule has 1 rings (SSSR count). The highest BCUT2D eigenvalue weighted by molar-refractivity contribution is 6.20. The lowest BCUT2D eigenvalue weighted by Gasteiger charge is -2.07. The minimum Gasteiger partial charge on any atom is -0.462 e. The normalized spacial score (nSPS) is 9.61. The Morgan fingerprint density at radius 3 is 2.67 bits per heavy atom. The molecule has 0 aliphatic heterocycles. The number of nitriles is 1. The standard InChI is InChI=1S/C13H12ClNO3/c1-2-18-13(17)11-7-9(8-15)3-4-10(11)12(16)5-6-14/h3-4,7H,2,5-6H2,1H3. The van der Waals surface area contributed by atoms with E-state index in [1.807, 2.05) is 6.07 Å². The third-order valence-electron chi connectivity index (χ3n) is 2.27. The number of ether oxygens (including phenoxy) is 1. The van der Waals surface area contributed by atoms with E-state index in [9.17, 15) is 9.59 Å². The average molecular weight is 266 g/mol. The van der Waals surface area contributed by atoms with Gasteiger partial charge in [0.2, 0.25) is 0 Å². The van der Waals surface area contributed by atoms with E-state index in [-0.39, 0.29) is 35.8 Å². The number of esters is 1. The van der Waals surface area contributed by atoms with Gasteiger partial charge in [0, 0.05) is 17.9 Å². The molecule has 0 N–H and O–H groups in total. The lowest BCUT2D eigenvalue weighted by Crippen LogP contribution is -2.12. The van der Waals surface area contributed by atoms with Gasteiger partial charge in [-0.1, -0.05) is 0 Å². The smallest absolute Gasteiger partial charge is 0.338 e. The predicted octanol–water partition coefficient (Wildman–Crippen LogP) is 2.55. The summed E-state index contributed by atoms with van der Waals surface area (Å²) >= 11 is 5.51. The summed E-state index contributed by atoms with van der Waals surface area (Å²) in [6.07, 6.45) is 0.139. The van der Waals surface area contributed by atoms with E-state index in [1.54, 1.807) is 6.92 Å². The maximum absolute atomic E-state index is 11.8. The number of benzene rings is 1. The number of nitrogens with zero attached hydrogens (tertiary/aromatic N) is 1. The SMILES string of the molecule is CCOC(=O)c1cc(C#N)ccc1C(=O)CCCl. The van der Waals surface area contributed by atoms with Crippen molar-refractivity contribution in [1.82, 2.24) is 0 Å². The average Bonchev–Trinajstić information content (AvgIpc) is 2.38. The number of Topliss-reactive ketones (excluding diaryl/α,β-unsaturated/α-hetero) is 1. The molecule has 5 heteroatoms. The van der Waals surface area contributed by atoms with Crippen LogP contribution in [0.5, 0.6) is 0 Å². The Morgan fingerprint density at radius 1 is 1.39 bits per heavy atom. The maximum atomic E-state index is 11.8. The number of halogens is 1. The molecular formula is C13H12ClNO3. The molecule has 0 spiro atoms. The number of hydrogen-bond acceptors (Lipinski definition) is 4. The zero-order chi connectivity index (χ0) is 13.5. The van der Waals surface area contributed by atoms with Crippen molar-refractivity contribution in [3.63, 3.8) is 0 Å². The van der Waals surface area contributed by atoms with Crippen LogP contribution in [0.3, 0.4) is 0 Å². The molecule has 0 aromatic heterocycles. The zero-order valence-electron chi connectivity index (χ0n) is 9.90. The van der Waals surface area contributed by atoms with E-state index >= 15 is 0 Å². The second-order valence-electron chi connectivity index (χ2n) is 3.45. The van der Waals surface area contributed by atoms with Crippen LogP contribution in [0.15, 0.2) is 18.2 Å². The van der Waals surface area contributed by atoms with Gasteiger partial charge in [0.15, 0.2) is 5.78 Å². The van der Waals surface area contributed by atoms with Gasteiger partial charge in [0.05, 0.1) is 23.8 Å². The molecule has 1 aromatic rings. The van der Waals surface area contributed by atoms with Crippen LogP contribution in [0.25, 0.3) is 0 Å². The van der Waals surface area contributed by atoms with Crippen molar-refractivity contribution in [3.05, 3.63) is 34.9 Å². The number of carbonyl (C=O) groups is 2. The predicted molar refractivity (Wildman–Crippen MR) is 66.8 cm³/mol. The molecule has 0 atom stereocenters. The van der Waals surface area contributed by atoms with Crippen molar-refractivity contribution >= 4 is 23.4 Å². The molecule has 0 bridgehead atoms. The van der Waals surface area contributed by atoms with Crippen molar-refractivity contribution in [2.75, 3.05) is 12.5 Å². The fraction of sp³-hybridized carbons (Fsp3) is 0.308. The largest absolute Gasteiger partial charge is 0.462 e. The first kappa shape index (κ1) is 14.2. The summed E-state index contributed by atoms with van der Waals surface area (Å²) in [5.74, 6) is -0.661. The topological polar surface area (TPSA) is 67.2 Å². The number of rotatable bonds is 5. The van der Waals surface area contributed by atoms with Gasteiger partial charge in [-0.25, -0.2) is 4.79 Å². The quantitative estimate of drug-likeness (QED) is 0.466. The first-order valence-electron chi connectivity index (χ1n) is 5.44. The van der Waals surface area contributed by atoms with Crippen LogP contribution in [0.2, 0.25) is 0 Å². The van der Waals surface area contributed by atoms with Gasteiger partial charge >= 0.3 is 5.97 Å². The fourth-order valence-electron chi connectivity index (χ4n) is 1.46. The molecule has 0 radical (unpaired) electrons. The second-order valence-corrected chi connectivity index (χ2v) is 3.83. The minimum atomic E-state index is -0.604. The van der Waals surface area contributed by atoms with E-state index in [1.165, 1.54) is 18.2 Å². The van der Waals surface area contributed by atoms with Crippen LogP contribution in [0.4, 0.5) is 0 Å². The van der Waals surface area contributed by atoms with Gasteiger partial charge in [-0.3, -0.25) is 4.79 Å². The molecule has 94 valence electrons. The minimum absolute atomic E-state index is 0.117. The van der Waals surface area contributed by atoms with Gasteiger partial charge in [-0.15, -0.1) is 11.6 Å². The molecule has 4 nitrogen and oxygen atoms in total. The maximum Gasteiger partial charge on any atom is 0.338 e. The van der Waals surface area contributed by atoms with Crippen LogP contribution >= 0.6 is 11.6 Å². The van der Waals surface area contributed by atoms with Gasteiger partial charge in [0.25, 0.3) is 0 Å². The third kappa shape index (κ3) is 3.31. The van der Waals surface area contributed by atoms with Crippen LogP contribution < -0.4 is 0 Å². The molecule has 0 aliphatic carbocycles. The highest BCUT2D eigenvalue weighted by atomic mass is 35.5. The Labute approximate surface area is 110 Å². The molecule has 0 heterocycles. The summed E-state index contributed by atoms with van der Waals surface area (Å²) in [6, 6.07) is 6.23. The molecule has 0 aliphatic rings. The molecule has 0 fully saturated rings. The highest BCUT2D eigenvalue weighted by Gasteiger charge is 2.18. The van der Waals surface area contributed by atoms with Crippen molar-refractivity contribution < 1.29 is 14.3 Å². The van der Waals surface area contributed by atoms with Crippen molar-refractivity contribution in [2.24, 2.45) is 0 Å². The highest BCUT2D eigenvalue weighted by Crippen LogP contribution is 2.15. The monoisotopic (exact) mass is 265 g/mol. The second kappa shape index (κ2) is 6.77. The molecule has 0 amide bonds. The van der Waals surface area contributed by atoms with Crippen LogP contribution in [0.1, 0.15) is 39.6 Å². The fourth-order valence-corrected chi connectivity index (χ4v) is 1.63. The Bertz CT molecular complexity index is 505. The molecule has 18 heavy (non-hydrogen) atoms. The number of carbonyl (C=O) groups excluding carboxylic acids is 2. The number of ketones is 1. The first-order valence-corrected chi connectivity index (χ1v) is 5.98. The van der Waals surface area contributed by atoms with Crippen molar-refractivity contribution in [3.8, 4) is 6.07 Å². The summed E-state index contributed by atoms with van der Waals surface area (Å²) in [5.41, 5.74) is 0.666. The Hall–Kier alpha value is -1.86. The van der Waals surface area contributed by atoms with Crippen molar-refractivity contribution in [2.45, 2.75) is 13.3 Å². The summed E-state index contributed by atoms with van der Waals surface area (Å²) in [4.78, 5) is 23.5. The lowest BCUT2D eigenvalue weighted by atomic mass is 9.99. The third-order valence-corrected chi connectivity index (χ3v) is 2.45. The molecule has 0 saturated carbocycles. The zero-order valence-corrected chi connectivity index (χ0v) is 10.7. The molecule has 0 unspecified atom stereocenters. The molecular weight excluding hydrogens is 254 g/mol. The Balaban J connectivity index is 3.21. The van der Waals surface area contributed by atoms with E-state index in [0.29, 0.717) is 5.56 Å². The lowest BCUT2D eigenvalue weighted by molar-refractivity contribution is 0.0523. The molecule has 0 saturated heterocycles. The van der Waals surface area contributed by atoms with Crippen LogP contribution in [-0.4, -0.2) is 24.2 Å². The van der Waals surface area contributed by atoms with Gasteiger partial charge in [-0.05, 0) is 25.1 Å². The summed E-state index contributed by atoms with van der Waals surface area (Å²) in [7, 11) is 0. The Kier molecular flexibility index (Phi) is 5.34. The van der Waals surface area contributed by atoms with Crippen molar-refractivity contribution in [1.29, 1.82) is 5.26 Å². The number of hydrogen-bond donors (Lipinski definition) is 0. The van der Waals surface area contributed by atoms with Crippen LogP contribution in [0, 0.1) is 11.3 Å². The summed E-state index contributed by atoms with van der Waals surface area (Å²) in [5, 5.41) is 8.80. The van der Waals surface area contributed by atoms with E-state index < -0.39 is 5.97 Å². The first-order chi connectivity index (χ1) is 8.63. The Morgan fingerprint density at radius 2 is 2.11 bits per heavy atom. The van der Waals surface area contributed by atoms with E-state index in [4.69, 9.17) is 21.6 Å². The van der Waals surface area contributed by atoms with Gasteiger partial charge in [-0.2, -0.15) is 5.26 Å². The molecule has 1 aromatic carbocycles. The van der Waals surface area contributed by atoms with E-state index in [0.717, 1.165) is 0 Å². The summed E-state index contributed by atoms with van der Waals surface area (Å²) in [6.45, 7) is 1.88.